The zero-order valence-electron chi connectivity index (χ0n) is 33.3. The summed E-state index contributed by atoms with van der Waals surface area (Å²) in [6.07, 6.45) is 6.80. The molecule has 292 valence electrons. The standard InChI is InChI=1S/C39H65N7O6/c1-23(2)27(32(50)46-18-17-44(10)21-36(46,6)7)42-34(52)43-29(35(3,4)5)33(51)45-22-39(37(8,9)38(39)15-12-16-38)20-26(45)31(49)41-25(28(47)30(40)48)19-24-13-11-14-24/h23-27,29H,11-22H2,1-10H3,(H2,40,48)(H,41,49)(H2,42,43,52)/t25?,26-,27-,29+,39+/m0/s1. The van der Waals surface area contributed by atoms with Crippen LogP contribution in [0.4, 0.5) is 4.79 Å². The quantitative estimate of drug-likeness (QED) is 0.237. The summed E-state index contributed by atoms with van der Waals surface area (Å²) in [5, 5.41) is 8.70. The number of carbonyl (C=O) groups excluding carboxylic acids is 6. The number of hydrogen-bond acceptors (Lipinski definition) is 7. The van der Waals surface area contributed by atoms with Crippen LogP contribution in [0.25, 0.3) is 0 Å². The molecule has 13 nitrogen and oxygen atoms in total. The van der Waals surface area contributed by atoms with Gasteiger partial charge >= 0.3 is 6.03 Å². The molecule has 3 aliphatic carbocycles. The summed E-state index contributed by atoms with van der Waals surface area (Å²) in [4.78, 5) is 87.5. The minimum atomic E-state index is -1.09. The Morgan fingerprint density at radius 3 is 1.94 bits per heavy atom. The predicted octanol–water partition coefficient (Wildman–Crippen LogP) is 2.80. The molecule has 52 heavy (non-hydrogen) atoms. The van der Waals surface area contributed by atoms with E-state index in [9.17, 15) is 28.8 Å². The summed E-state index contributed by atoms with van der Waals surface area (Å²) in [7, 11) is 2.03. The Hall–Kier alpha value is -3.22. The molecule has 6 amide bonds. The van der Waals surface area contributed by atoms with Crippen molar-refractivity contribution in [2.24, 2.45) is 39.2 Å². The van der Waals surface area contributed by atoms with Gasteiger partial charge in [0.15, 0.2) is 0 Å². The normalized spacial score (nSPS) is 28.0. The van der Waals surface area contributed by atoms with Gasteiger partial charge in [0.1, 0.15) is 18.1 Å². The number of urea groups is 1. The summed E-state index contributed by atoms with van der Waals surface area (Å²) in [6.45, 7) is 20.2. The fourth-order valence-corrected chi connectivity index (χ4v) is 10.4. The molecule has 0 aromatic heterocycles. The summed E-state index contributed by atoms with van der Waals surface area (Å²) in [6, 6.07) is -4.41. The highest BCUT2D eigenvalue weighted by atomic mass is 16.2. The van der Waals surface area contributed by atoms with E-state index in [-0.39, 0.29) is 39.9 Å². The highest BCUT2D eigenvalue weighted by molar-refractivity contribution is 6.37. The fraction of sp³-hybridized carbons (Fsp3) is 0.846. The van der Waals surface area contributed by atoms with E-state index in [1.165, 1.54) is 0 Å². The van der Waals surface area contributed by atoms with Crippen LogP contribution < -0.4 is 21.7 Å². The van der Waals surface area contributed by atoms with Crippen LogP contribution in [0.2, 0.25) is 0 Å². The molecule has 13 heteroatoms. The number of nitrogens with two attached hydrogens (primary N) is 1. The lowest BCUT2D eigenvalue weighted by atomic mass is 9.73. The predicted molar refractivity (Wildman–Crippen MR) is 198 cm³/mol. The number of fused-ring (bicyclic) bond motifs is 1. The SMILES string of the molecule is CC(C)[C@H](NC(=O)N[C@H](C(=O)N1C[C@]2(C[C@H]1C(=O)NC(CC1CCC1)C(=O)C(N)=O)C(C)(C)C21CCC1)C(C)(C)C)C(=O)N1CCN(C)CC1(C)C. The highest BCUT2D eigenvalue weighted by Gasteiger charge is 2.85. The van der Waals surface area contributed by atoms with Crippen LogP contribution in [0.5, 0.6) is 0 Å². The third-order valence-electron chi connectivity index (χ3n) is 14.0. The molecule has 2 heterocycles. The molecule has 0 aromatic carbocycles. The Kier molecular flexibility index (Phi) is 10.7. The van der Waals surface area contributed by atoms with Crippen molar-refractivity contribution in [3.8, 4) is 0 Å². The first-order valence-electron chi connectivity index (χ1n) is 19.5. The van der Waals surface area contributed by atoms with E-state index in [0.29, 0.717) is 32.5 Å². The molecule has 5 rings (SSSR count). The van der Waals surface area contributed by atoms with Crippen LogP contribution in [-0.4, -0.2) is 113 Å². The zero-order valence-corrected chi connectivity index (χ0v) is 33.3. The van der Waals surface area contributed by atoms with Crippen molar-refractivity contribution < 1.29 is 28.8 Å². The van der Waals surface area contributed by atoms with Gasteiger partial charge in [0.2, 0.25) is 23.5 Å². The van der Waals surface area contributed by atoms with Crippen molar-refractivity contribution in [2.75, 3.05) is 33.2 Å². The van der Waals surface area contributed by atoms with Gasteiger partial charge in [0.25, 0.3) is 5.91 Å². The smallest absolute Gasteiger partial charge is 0.316 e. The first-order valence-corrected chi connectivity index (χ1v) is 19.5. The van der Waals surface area contributed by atoms with E-state index in [2.05, 4.69) is 34.7 Å². The molecular weight excluding hydrogens is 662 g/mol. The number of likely N-dealkylation sites (tertiary alicyclic amines) is 1. The number of likely N-dealkylation sites (N-methyl/N-ethyl adjacent to an activating group) is 1. The summed E-state index contributed by atoms with van der Waals surface area (Å²) in [5.74, 6) is -2.93. The van der Waals surface area contributed by atoms with Crippen LogP contribution in [-0.2, 0) is 24.0 Å². The van der Waals surface area contributed by atoms with Crippen molar-refractivity contribution in [2.45, 2.75) is 143 Å². The monoisotopic (exact) mass is 727 g/mol. The van der Waals surface area contributed by atoms with Crippen LogP contribution >= 0.6 is 0 Å². The Bertz CT molecular complexity index is 1460. The molecule has 1 unspecified atom stereocenters. The lowest BCUT2D eigenvalue weighted by molar-refractivity contribution is -0.143. The number of primary amides is 1. The van der Waals surface area contributed by atoms with Gasteiger partial charge in [-0.05, 0) is 74.7 Å². The van der Waals surface area contributed by atoms with Gasteiger partial charge in [0, 0.05) is 31.6 Å². The second-order valence-electron chi connectivity index (χ2n) is 19.3. The van der Waals surface area contributed by atoms with Crippen LogP contribution in [0.15, 0.2) is 0 Å². The van der Waals surface area contributed by atoms with E-state index < -0.39 is 58.7 Å². The number of carbonyl (C=O) groups is 6. The largest absolute Gasteiger partial charge is 0.363 e. The van der Waals surface area contributed by atoms with E-state index in [1.807, 2.05) is 60.4 Å². The Morgan fingerprint density at radius 1 is 0.846 bits per heavy atom. The second kappa shape index (κ2) is 13.9. The Morgan fingerprint density at radius 2 is 1.48 bits per heavy atom. The van der Waals surface area contributed by atoms with Crippen LogP contribution in [0.3, 0.4) is 0 Å². The van der Waals surface area contributed by atoms with Crippen molar-refractivity contribution in [3.63, 3.8) is 0 Å². The maximum Gasteiger partial charge on any atom is 0.316 e. The number of amides is 6. The van der Waals surface area contributed by atoms with Crippen LogP contribution in [0.1, 0.15) is 114 Å². The molecule has 5 aliphatic rings. The molecule has 2 saturated heterocycles. The molecule has 5 N–H and O–H groups in total. The first kappa shape index (κ1) is 40.0. The molecular formula is C39H65N7O6. The zero-order chi connectivity index (χ0) is 38.8. The third kappa shape index (κ3) is 6.83. The first-order chi connectivity index (χ1) is 24.0. The number of ketones is 1. The van der Waals surface area contributed by atoms with Crippen molar-refractivity contribution in [1.82, 2.24) is 30.7 Å². The summed E-state index contributed by atoms with van der Waals surface area (Å²) < 4.78 is 0. The van der Waals surface area contributed by atoms with Crippen molar-refractivity contribution >= 4 is 35.4 Å². The molecule has 2 spiro atoms. The number of rotatable bonds is 11. The summed E-state index contributed by atoms with van der Waals surface area (Å²) >= 11 is 0. The van der Waals surface area contributed by atoms with E-state index in [1.54, 1.807) is 4.90 Å². The average molecular weight is 728 g/mol. The second-order valence-corrected chi connectivity index (χ2v) is 19.3. The number of nitrogens with zero attached hydrogens (tertiary/aromatic N) is 3. The minimum absolute atomic E-state index is 0.0197. The van der Waals surface area contributed by atoms with Crippen molar-refractivity contribution in [1.29, 1.82) is 0 Å². The number of Topliss-reactive ketones (excluding diaryl/α,β-unsaturated/α-hetero) is 1. The van der Waals surface area contributed by atoms with Gasteiger partial charge in [0.05, 0.1) is 11.6 Å². The van der Waals surface area contributed by atoms with E-state index in [4.69, 9.17) is 5.73 Å². The number of nitrogens with one attached hydrogen (secondary N) is 3. The third-order valence-corrected chi connectivity index (χ3v) is 14.0. The van der Waals surface area contributed by atoms with Gasteiger partial charge in [-0.2, -0.15) is 0 Å². The van der Waals surface area contributed by atoms with Gasteiger partial charge in [-0.25, -0.2) is 4.79 Å². The van der Waals surface area contributed by atoms with Gasteiger partial charge in [-0.15, -0.1) is 0 Å². The topological polar surface area (TPSA) is 174 Å². The molecule has 2 aliphatic heterocycles. The lowest BCUT2D eigenvalue weighted by Gasteiger charge is -2.47. The molecule has 5 fully saturated rings. The van der Waals surface area contributed by atoms with Gasteiger partial charge in [-0.3, -0.25) is 24.0 Å². The number of piperazine rings is 1. The molecule has 0 bridgehead atoms. The molecule has 3 saturated carbocycles. The fourth-order valence-electron chi connectivity index (χ4n) is 10.4. The highest BCUT2D eigenvalue weighted by Crippen LogP contribution is 2.88. The van der Waals surface area contributed by atoms with Crippen molar-refractivity contribution in [3.05, 3.63) is 0 Å². The Balaban J connectivity index is 1.39. The lowest BCUT2D eigenvalue weighted by Crippen LogP contribution is -2.65. The minimum Gasteiger partial charge on any atom is -0.363 e. The van der Waals surface area contributed by atoms with Gasteiger partial charge in [-0.1, -0.05) is 74.1 Å². The summed E-state index contributed by atoms with van der Waals surface area (Å²) in [5.41, 5.74) is 3.86. The van der Waals surface area contributed by atoms with E-state index >= 15 is 0 Å². The van der Waals surface area contributed by atoms with E-state index in [0.717, 1.165) is 45.1 Å². The van der Waals surface area contributed by atoms with Gasteiger partial charge < -0.3 is 36.4 Å². The average Bonchev–Trinajstić information content (AvgIpc) is 3.20. The maximum absolute atomic E-state index is 14.8. The maximum atomic E-state index is 14.8. The number of hydrogen-bond donors (Lipinski definition) is 4. The molecule has 0 radical (unpaired) electrons. The Labute approximate surface area is 310 Å². The molecule has 0 aromatic rings. The molecule has 5 atom stereocenters. The van der Waals surface area contributed by atoms with Crippen LogP contribution in [0, 0.1) is 33.5 Å².